The van der Waals surface area contributed by atoms with Crippen molar-refractivity contribution in [1.29, 1.82) is 0 Å². The van der Waals surface area contributed by atoms with Crippen molar-refractivity contribution in [2.24, 2.45) is 5.92 Å². The Kier molecular flexibility index (Phi) is 6.45. The summed E-state index contributed by atoms with van der Waals surface area (Å²) in [6.07, 6.45) is 0.337. The van der Waals surface area contributed by atoms with E-state index in [1.165, 1.54) is 24.3 Å². The average molecular weight is 372 g/mol. The van der Waals surface area contributed by atoms with Crippen LogP contribution < -0.4 is 0 Å². The van der Waals surface area contributed by atoms with Crippen LogP contribution in [0.25, 0.3) is 0 Å². The fourth-order valence-corrected chi connectivity index (χ4v) is 2.91. The van der Waals surface area contributed by atoms with Crippen molar-refractivity contribution < 1.29 is 30.0 Å². The largest absolute Gasteiger partial charge is 0.504 e. The van der Waals surface area contributed by atoms with Gasteiger partial charge in [0.15, 0.2) is 23.0 Å². The third-order valence-electron chi connectivity index (χ3n) is 4.61. The van der Waals surface area contributed by atoms with Gasteiger partial charge in [0.1, 0.15) is 11.6 Å². The molecule has 0 bridgehead atoms. The molecule has 144 valence electrons. The fourth-order valence-electron chi connectivity index (χ4n) is 2.91. The number of carbonyl (C=O) groups excluding carboxylic acids is 2. The number of phenols is 4. The zero-order valence-electron chi connectivity index (χ0n) is 15.3. The lowest BCUT2D eigenvalue weighted by Gasteiger charge is -2.14. The number of benzene rings is 2. The molecular formula is C21H24O6. The van der Waals surface area contributed by atoms with Crippen LogP contribution in [0.2, 0.25) is 0 Å². The number of hydrogen-bond acceptors (Lipinski definition) is 6. The Morgan fingerprint density at radius 3 is 2.04 bits per heavy atom. The van der Waals surface area contributed by atoms with Gasteiger partial charge in [0.05, 0.1) is 6.42 Å². The standard InChI is InChI=1S/C21H24O6/c1-12(15-4-6-18(24)21(27)10-15)8-16(22)11-19(25)13(2)7-14-3-5-17(23)20(26)9-14/h3-6,9-10,12-13,23-24,26-27H,7-8,11H2,1-2H3/t12-,13+/m0/s1. The number of phenolic OH excluding ortho intramolecular Hbond substituents is 4. The van der Waals surface area contributed by atoms with Crippen LogP contribution in [0.3, 0.4) is 0 Å². The molecule has 2 aromatic rings. The zero-order chi connectivity index (χ0) is 20.1. The van der Waals surface area contributed by atoms with Crippen LogP contribution in [-0.2, 0) is 16.0 Å². The molecule has 0 aromatic heterocycles. The molecule has 0 saturated heterocycles. The van der Waals surface area contributed by atoms with Gasteiger partial charge in [-0.1, -0.05) is 26.0 Å². The number of rotatable bonds is 8. The molecule has 0 fully saturated rings. The van der Waals surface area contributed by atoms with Gasteiger partial charge in [-0.2, -0.15) is 0 Å². The maximum absolute atomic E-state index is 12.3. The maximum Gasteiger partial charge on any atom is 0.157 e. The first kappa shape index (κ1) is 20.3. The molecule has 27 heavy (non-hydrogen) atoms. The highest BCUT2D eigenvalue weighted by molar-refractivity contribution is 6.00. The van der Waals surface area contributed by atoms with E-state index in [0.29, 0.717) is 17.5 Å². The van der Waals surface area contributed by atoms with Crippen LogP contribution in [0.4, 0.5) is 0 Å². The third-order valence-corrected chi connectivity index (χ3v) is 4.61. The zero-order valence-corrected chi connectivity index (χ0v) is 15.3. The van der Waals surface area contributed by atoms with Crippen LogP contribution in [-0.4, -0.2) is 32.0 Å². The molecule has 2 rings (SSSR count). The molecule has 0 radical (unpaired) electrons. The Morgan fingerprint density at radius 1 is 0.852 bits per heavy atom. The van der Waals surface area contributed by atoms with Crippen molar-refractivity contribution in [3.05, 3.63) is 47.5 Å². The van der Waals surface area contributed by atoms with Crippen molar-refractivity contribution in [2.75, 3.05) is 0 Å². The summed E-state index contributed by atoms with van der Waals surface area (Å²) in [4.78, 5) is 24.6. The monoisotopic (exact) mass is 372 g/mol. The van der Waals surface area contributed by atoms with E-state index in [-0.39, 0.29) is 53.3 Å². The summed E-state index contributed by atoms with van der Waals surface area (Å²) in [6.45, 7) is 3.54. The molecule has 6 heteroatoms. The second-order valence-electron chi connectivity index (χ2n) is 6.96. The SMILES string of the molecule is C[C@H](Cc1ccc(O)c(O)c1)C(=O)CC(=O)C[C@H](C)c1ccc(O)c(O)c1. The highest BCUT2D eigenvalue weighted by Crippen LogP contribution is 2.30. The van der Waals surface area contributed by atoms with Gasteiger partial charge in [0.25, 0.3) is 0 Å². The molecule has 2 atom stereocenters. The van der Waals surface area contributed by atoms with Gasteiger partial charge in [-0.15, -0.1) is 0 Å². The van der Waals surface area contributed by atoms with Crippen LogP contribution in [0.1, 0.15) is 43.7 Å². The van der Waals surface area contributed by atoms with E-state index in [9.17, 15) is 30.0 Å². The Balaban J connectivity index is 1.90. The van der Waals surface area contributed by atoms with E-state index >= 15 is 0 Å². The highest BCUT2D eigenvalue weighted by Gasteiger charge is 2.20. The molecule has 6 nitrogen and oxygen atoms in total. The summed E-state index contributed by atoms with van der Waals surface area (Å²) in [5.74, 6) is -1.90. The lowest BCUT2D eigenvalue weighted by atomic mass is 9.90. The number of ketones is 2. The third kappa shape index (κ3) is 5.48. The van der Waals surface area contributed by atoms with Crippen molar-refractivity contribution in [3.63, 3.8) is 0 Å². The summed E-state index contributed by atoms with van der Waals surface area (Å²) < 4.78 is 0. The van der Waals surface area contributed by atoms with Gasteiger partial charge >= 0.3 is 0 Å². The molecule has 0 saturated carbocycles. The van der Waals surface area contributed by atoms with Gasteiger partial charge in [-0.3, -0.25) is 9.59 Å². The summed E-state index contributed by atoms with van der Waals surface area (Å²) >= 11 is 0. The Morgan fingerprint density at radius 2 is 1.44 bits per heavy atom. The van der Waals surface area contributed by atoms with Crippen molar-refractivity contribution in [2.45, 2.75) is 39.0 Å². The van der Waals surface area contributed by atoms with Gasteiger partial charge < -0.3 is 20.4 Å². The first-order valence-electron chi connectivity index (χ1n) is 8.74. The van der Waals surface area contributed by atoms with E-state index in [4.69, 9.17) is 0 Å². The van der Waals surface area contributed by atoms with Gasteiger partial charge in [0, 0.05) is 12.3 Å². The van der Waals surface area contributed by atoms with Crippen LogP contribution >= 0.6 is 0 Å². The number of aromatic hydroxyl groups is 4. The lowest BCUT2D eigenvalue weighted by Crippen LogP contribution is -2.18. The molecular weight excluding hydrogens is 348 g/mol. The molecule has 4 N–H and O–H groups in total. The molecule has 0 aliphatic carbocycles. The summed E-state index contributed by atoms with van der Waals surface area (Å²) in [5, 5.41) is 37.7. The van der Waals surface area contributed by atoms with Crippen molar-refractivity contribution in [1.82, 2.24) is 0 Å². The summed E-state index contributed by atoms with van der Waals surface area (Å²) in [6, 6.07) is 8.80. The van der Waals surface area contributed by atoms with E-state index in [1.54, 1.807) is 19.1 Å². The quantitative estimate of drug-likeness (QED) is 0.417. The maximum atomic E-state index is 12.3. The molecule has 0 aliphatic rings. The topological polar surface area (TPSA) is 115 Å². The molecule has 0 unspecified atom stereocenters. The molecule has 0 heterocycles. The minimum atomic E-state index is -0.397. The minimum absolute atomic E-state index is 0.155. The number of Topliss-reactive ketones (excluding diaryl/α,β-unsaturated/α-hetero) is 2. The average Bonchev–Trinajstić information content (AvgIpc) is 2.60. The van der Waals surface area contributed by atoms with E-state index < -0.39 is 5.92 Å². The second-order valence-corrected chi connectivity index (χ2v) is 6.96. The Hall–Kier alpha value is -3.02. The highest BCUT2D eigenvalue weighted by atomic mass is 16.3. The molecule has 0 amide bonds. The lowest BCUT2D eigenvalue weighted by molar-refractivity contribution is -0.129. The first-order chi connectivity index (χ1) is 12.7. The number of hydrogen-bond donors (Lipinski definition) is 4. The van der Waals surface area contributed by atoms with Crippen molar-refractivity contribution in [3.8, 4) is 23.0 Å². The normalized spacial score (nSPS) is 13.1. The van der Waals surface area contributed by atoms with Crippen molar-refractivity contribution >= 4 is 11.6 Å². The fraction of sp³-hybridized carbons (Fsp3) is 0.333. The molecule has 0 spiro atoms. The molecule has 0 aliphatic heterocycles. The smallest absolute Gasteiger partial charge is 0.157 e. The van der Waals surface area contributed by atoms with Crippen LogP contribution in [0.5, 0.6) is 23.0 Å². The van der Waals surface area contributed by atoms with E-state index in [0.717, 1.165) is 0 Å². The Bertz CT molecular complexity index is 843. The van der Waals surface area contributed by atoms with Gasteiger partial charge in [-0.25, -0.2) is 0 Å². The molecule has 2 aromatic carbocycles. The van der Waals surface area contributed by atoms with Gasteiger partial charge in [0.2, 0.25) is 0 Å². The summed E-state index contributed by atoms with van der Waals surface area (Å²) in [5.41, 5.74) is 1.41. The summed E-state index contributed by atoms with van der Waals surface area (Å²) in [7, 11) is 0. The number of carbonyl (C=O) groups is 2. The van der Waals surface area contributed by atoms with Gasteiger partial charge in [-0.05, 0) is 47.7 Å². The van der Waals surface area contributed by atoms with Crippen LogP contribution in [0.15, 0.2) is 36.4 Å². The predicted octanol–water partition coefficient (Wildman–Crippen LogP) is 3.41. The first-order valence-corrected chi connectivity index (χ1v) is 8.74. The second kappa shape index (κ2) is 8.58. The minimum Gasteiger partial charge on any atom is -0.504 e. The van der Waals surface area contributed by atoms with E-state index in [2.05, 4.69) is 0 Å². The Labute approximate surface area is 157 Å². The van der Waals surface area contributed by atoms with Crippen LogP contribution in [0, 0.1) is 5.92 Å². The predicted molar refractivity (Wildman–Crippen MR) is 100 cm³/mol. The van der Waals surface area contributed by atoms with E-state index in [1.807, 2.05) is 6.92 Å².